The van der Waals surface area contributed by atoms with Gasteiger partial charge in [-0.2, -0.15) is 0 Å². The smallest absolute Gasteiger partial charge is 0.316 e. The maximum atomic E-state index is 10.9. The Hall–Kier alpha value is -0.770. The van der Waals surface area contributed by atoms with E-state index < -0.39 is 0 Å². The van der Waals surface area contributed by atoms with E-state index in [0.717, 1.165) is 12.8 Å². The molecule has 0 rings (SSSR count). The van der Waals surface area contributed by atoms with Crippen molar-refractivity contribution in [3.8, 4) is 0 Å². The summed E-state index contributed by atoms with van der Waals surface area (Å²) in [6.07, 6.45) is 1.92. The van der Waals surface area contributed by atoms with Crippen molar-refractivity contribution >= 4 is 6.03 Å². The molecule has 0 saturated carbocycles. The fraction of sp³-hybridized carbons (Fsp3) is 0.857. The zero-order valence-electron chi connectivity index (χ0n) is 7.26. The Morgan fingerprint density at radius 3 is 2.55 bits per heavy atom. The summed E-state index contributed by atoms with van der Waals surface area (Å²) >= 11 is 0. The largest absolute Gasteiger partial charge is 0.338 e. The van der Waals surface area contributed by atoms with Crippen LogP contribution >= 0.6 is 0 Å². The Balaban J connectivity index is 3.18. The van der Waals surface area contributed by atoms with Crippen LogP contribution in [0.1, 0.15) is 12.8 Å². The fourth-order valence-corrected chi connectivity index (χ4v) is 0.623. The van der Waals surface area contributed by atoms with E-state index in [9.17, 15) is 4.79 Å². The van der Waals surface area contributed by atoms with Crippen molar-refractivity contribution in [3.05, 3.63) is 0 Å². The molecule has 0 aromatic rings. The summed E-state index contributed by atoms with van der Waals surface area (Å²) in [6, 6.07) is -0.0398. The summed E-state index contributed by atoms with van der Waals surface area (Å²) in [6.45, 7) is 1.41. The summed E-state index contributed by atoms with van der Waals surface area (Å²) in [5.74, 6) is 0. The Bertz CT molecular complexity index is 114. The molecule has 0 unspecified atom stereocenters. The summed E-state index contributed by atoms with van der Waals surface area (Å²) in [5.41, 5.74) is 5.28. The number of nitrogens with one attached hydrogen (secondary N) is 1. The third kappa shape index (κ3) is 5.66. The molecular weight excluding hydrogens is 142 g/mol. The van der Waals surface area contributed by atoms with Gasteiger partial charge in [-0.05, 0) is 19.4 Å². The molecule has 4 nitrogen and oxygen atoms in total. The zero-order chi connectivity index (χ0) is 8.69. The molecule has 0 bridgehead atoms. The van der Waals surface area contributed by atoms with Gasteiger partial charge in [0.15, 0.2) is 0 Å². The number of urea groups is 1. The number of rotatable bonds is 4. The molecule has 2 amide bonds. The van der Waals surface area contributed by atoms with Crippen LogP contribution in [0.4, 0.5) is 4.79 Å². The maximum Gasteiger partial charge on any atom is 0.316 e. The van der Waals surface area contributed by atoms with Crippen LogP contribution in [0.25, 0.3) is 0 Å². The van der Waals surface area contributed by atoms with E-state index in [-0.39, 0.29) is 6.03 Å². The van der Waals surface area contributed by atoms with Gasteiger partial charge in [0, 0.05) is 20.6 Å². The normalized spacial score (nSPS) is 9.36. The van der Waals surface area contributed by atoms with E-state index >= 15 is 0 Å². The topological polar surface area (TPSA) is 58.4 Å². The highest BCUT2D eigenvalue weighted by atomic mass is 16.2. The lowest BCUT2D eigenvalue weighted by Gasteiger charge is -2.11. The van der Waals surface area contributed by atoms with Gasteiger partial charge in [0.05, 0.1) is 0 Å². The minimum atomic E-state index is -0.0398. The van der Waals surface area contributed by atoms with Gasteiger partial charge in [-0.15, -0.1) is 0 Å². The van der Waals surface area contributed by atoms with Crippen LogP contribution in [0.2, 0.25) is 0 Å². The molecule has 66 valence electrons. The number of nitrogens with two attached hydrogens (primary N) is 1. The number of amides is 2. The van der Waals surface area contributed by atoms with Crippen molar-refractivity contribution in [3.63, 3.8) is 0 Å². The Morgan fingerprint density at radius 1 is 1.45 bits per heavy atom. The predicted octanol–water partition coefficient (Wildman–Crippen LogP) is -0.00350. The number of carbonyl (C=O) groups excluding carboxylic acids is 1. The molecule has 0 fully saturated rings. The van der Waals surface area contributed by atoms with E-state index in [0.29, 0.717) is 13.1 Å². The molecule has 0 radical (unpaired) electrons. The first-order valence-corrected chi connectivity index (χ1v) is 3.83. The highest BCUT2D eigenvalue weighted by Crippen LogP contribution is 1.83. The summed E-state index contributed by atoms with van der Waals surface area (Å²) in [7, 11) is 3.44. The van der Waals surface area contributed by atoms with Gasteiger partial charge in [0.1, 0.15) is 0 Å². The second-order valence-electron chi connectivity index (χ2n) is 2.62. The third-order valence-electron chi connectivity index (χ3n) is 1.31. The average molecular weight is 159 g/mol. The SMILES string of the molecule is CN(C)C(=O)NCCCCN. The van der Waals surface area contributed by atoms with Gasteiger partial charge in [-0.3, -0.25) is 0 Å². The quantitative estimate of drug-likeness (QED) is 0.567. The van der Waals surface area contributed by atoms with Crippen LogP contribution in [-0.2, 0) is 0 Å². The lowest BCUT2D eigenvalue weighted by atomic mass is 10.3. The van der Waals surface area contributed by atoms with E-state index in [1.165, 1.54) is 4.90 Å². The van der Waals surface area contributed by atoms with Gasteiger partial charge in [-0.25, -0.2) is 4.79 Å². The monoisotopic (exact) mass is 159 g/mol. The lowest BCUT2D eigenvalue weighted by molar-refractivity contribution is 0.217. The average Bonchev–Trinajstić information content (AvgIpc) is 1.97. The summed E-state index contributed by atoms with van der Waals surface area (Å²) < 4.78 is 0. The zero-order valence-corrected chi connectivity index (χ0v) is 7.26. The molecule has 0 aliphatic heterocycles. The van der Waals surface area contributed by atoms with Crippen LogP contribution in [0.15, 0.2) is 0 Å². The predicted molar refractivity (Wildman–Crippen MR) is 45.4 cm³/mol. The van der Waals surface area contributed by atoms with E-state index in [4.69, 9.17) is 5.73 Å². The number of unbranched alkanes of at least 4 members (excludes halogenated alkanes) is 1. The van der Waals surface area contributed by atoms with E-state index in [1.54, 1.807) is 14.1 Å². The van der Waals surface area contributed by atoms with Gasteiger partial charge in [-0.1, -0.05) is 0 Å². The summed E-state index contributed by atoms with van der Waals surface area (Å²) in [5, 5.41) is 2.75. The Labute approximate surface area is 67.7 Å². The second-order valence-corrected chi connectivity index (χ2v) is 2.62. The molecule has 0 heterocycles. The highest BCUT2D eigenvalue weighted by molar-refractivity contribution is 5.73. The first kappa shape index (κ1) is 10.2. The molecule has 0 saturated heterocycles. The second kappa shape index (κ2) is 5.97. The molecule has 0 aromatic carbocycles. The van der Waals surface area contributed by atoms with Gasteiger partial charge >= 0.3 is 6.03 Å². The minimum Gasteiger partial charge on any atom is -0.338 e. The van der Waals surface area contributed by atoms with Crippen LogP contribution in [-0.4, -0.2) is 38.1 Å². The van der Waals surface area contributed by atoms with Gasteiger partial charge in [0.25, 0.3) is 0 Å². The third-order valence-corrected chi connectivity index (χ3v) is 1.31. The van der Waals surface area contributed by atoms with Crippen LogP contribution in [0.5, 0.6) is 0 Å². The minimum absolute atomic E-state index is 0.0398. The van der Waals surface area contributed by atoms with Crippen molar-refractivity contribution in [2.24, 2.45) is 5.73 Å². The molecule has 0 aliphatic rings. The van der Waals surface area contributed by atoms with Crippen LogP contribution < -0.4 is 11.1 Å². The van der Waals surface area contributed by atoms with E-state index in [2.05, 4.69) is 5.32 Å². The first-order valence-electron chi connectivity index (χ1n) is 3.83. The van der Waals surface area contributed by atoms with Crippen molar-refractivity contribution in [2.45, 2.75) is 12.8 Å². The summed E-state index contributed by atoms with van der Waals surface area (Å²) in [4.78, 5) is 12.4. The van der Waals surface area contributed by atoms with Crippen molar-refractivity contribution in [2.75, 3.05) is 27.2 Å². The van der Waals surface area contributed by atoms with Crippen molar-refractivity contribution in [1.29, 1.82) is 0 Å². The molecule has 0 atom stereocenters. The molecular formula is C7H17N3O. The first-order chi connectivity index (χ1) is 5.18. The molecule has 11 heavy (non-hydrogen) atoms. The van der Waals surface area contributed by atoms with Crippen molar-refractivity contribution < 1.29 is 4.79 Å². The molecule has 0 aromatic heterocycles. The number of nitrogens with zero attached hydrogens (tertiary/aromatic N) is 1. The molecule has 0 aliphatic carbocycles. The number of hydrogen-bond donors (Lipinski definition) is 2. The van der Waals surface area contributed by atoms with E-state index in [1.807, 2.05) is 0 Å². The Kier molecular flexibility index (Phi) is 5.56. The van der Waals surface area contributed by atoms with Crippen molar-refractivity contribution in [1.82, 2.24) is 10.2 Å². The molecule has 4 heteroatoms. The highest BCUT2D eigenvalue weighted by Gasteiger charge is 1.99. The van der Waals surface area contributed by atoms with Crippen LogP contribution in [0, 0.1) is 0 Å². The van der Waals surface area contributed by atoms with Gasteiger partial charge in [0.2, 0.25) is 0 Å². The van der Waals surface area contributed by atoms with Gasteiger partial charge < -0.3 is 16.0 Å². The molecule has 3 N–H and O–H groups in total. The standard InChI is InChI=1S/C7H17N3O/c1-10(2)7(11)9-6-4-3-5-8/h3-6,8H2,1-2H3,(H,9,11). The van der Waals surface area contributed by atoms with Crippen LogP contribution in [0.3, 0.4) is 0 Å². The molecule has 0 spiro atoms. The lowest BCUT2D eigenvalue weighted by Crippen LogP contribution is -2.35. The maximum absolute atomic E-state index is 10.9. The number of carbonyl (C=O) groups is 1. The fourth-order valence-electron chi connectivity index (χ4n) is 0.623. The number of hydrogen-bond acceptors (Lipinski definition) is 2. The Morgan fingerprint density at radius 2 is 2.09 bits per heavy atom.